The number of nitrogens with zero attached hydrogens (tertiary/aromatic N) is 3. The molecule has 0 bridgehead atoms. The van der Waals surface area contributed by atoms with Crippen LogP contribution in [0.3, 0.4) is 0 Å². The van der Waals surface area contributed by atoms with Gasteiger partial charge in [0.15, 0.2) is 11.6 Å². The van der Waals surface area contributed by atoms with Crippen molar-refractivity contribution in [1.82, 2.24) is 20.4 Å². The molecule has 0 saturated carbocycles. The molecule has 0 unspecified atom stereocenters. The first-order valence-corrected chi connectivity index (χ1v) is 11.7. The molecule has 3 heterocycles. The minimum atomic E-state index is -0.990. The van der Waals surface area contributed by atoms with E-state index in [1.807, 2.05) is 13.8 Å². The second kappa shape index (κ2) is 10.1. The minimum Gasteiger partial charge on any atom is -0.502 e. The van der Waals surface area contributed by atoms with E-state index in [9.17, 15) is 19.5 Å². The van der Waals surface area contributed by atoms with Crippen LogP contribution in [0, 0.1) is 6.92 Å². The van der Waals surface area contributed by atoms with Gasteiger partial charge in [0, 0.05) is 36.9 Å². The molecular formula is C24H34N4O7. The largest absolute Gasteiger partial charge is 0.502 e. The van der Waals surface area contributed by atoms with Gasteiger partial charge in [-0.1, -0.05) is 19.0 Å². The molecule has 1 aliphatic rings. The van der Waals surface area contributed by atoms with Crippen molar-refractivity contribution in [2.45, 2.75) is 84.3 Å². The van der Waals surface area contributed by atoms with E-state index in [1.165, 1.54) is 6.07 Å². The number of amides is 2. The molecule has 2 amide bonds. The minimum absolute atomic E-state index is 0.0441. The lowest BCUT2D eigenvalue weighted by Crippen LogP contribution is -2.48. The van der Waals surface area contributed by atoms with Crippen LogP contribution in [0.5, 0.6) is 5.75 Å². The average Bonchev–Trinajstić information content (AvgIpc) is 3.23. The van der Waals surface area contributed by atoms with Gasteiger partial charge >= 0.3 is 6.09 Å². The van der Waals surface area contributed by atoms with Crippen molar-refractivity contribution in [2.75, 3.05) is 13.1 Å². The number of carbonyl (C=O) groups is 2. The molecule has 0 aliphatic carbocycles. The number of aromatic hydroxyl groups is 1. The number of nitrogens with one attached hydrogen (secondary N) is 1. The van der Waals surface area contributed by atoms with E-state index >= 15 is 0 Å². The van der Waals surface area contributed by atoms with E-state index in [-0.39, 0.29) is 62.4 Å². The van der Waals surface area contributed by atoms with Crippen molar-refractivity contribution in [2.24, 2.45) is 0 Å². The first-order chi connectivity index (χ1) is 16.3. The predicted octanol–water partition coefficient (Wildman–Crippen LogP) is 3.14. The molecule has 0 radical (unpaired) electrons. The van der Waals surface area contributed by atoms with Crippen molar-refractivity contribution >= 4 is 12.0 Å². The van der Waals surface area contributed by atoms with E-state index in [0.29, 0.717) is 11.6 Å². The van der Waals surface area contributed by atoms with Crippen molar-refractivity contribution in [1.29, 1.82) is 0 Å². The Morgan fingerprint density at radius 3 is 2.51 bits per heavy atom. The summed E-state index contributed by atoms with van der Waals surface area (Å²) in [7, 11) is 0. The van der Waals surface area contributed by atoms with Gasteiger partial charge < -0.3 is 29.0 Å². The summed E-state index contributed by atoms with van der Waals surface area (Å²) >= 11 is 0. The molecule has 2 N–H and O–H groups in total. The molecule has 35 heavy (non-hydrogen) atoms. The highest BCUT2D eigenvalue weighted by Crippen LogP contribution is 2.42. The number of rotatable bonds is 6. The van der Waals surface area contributed by atoms with E-state index < -0.39 is 28.3 Å². The Balaban J connectivity index is 1.80. The summed E-state index contributed by atoms with van der Waals surface area (Å²) < 4.78 is 16.4. The van der Waals surface area contributed by atoms with E-state index in [0.717, 1.165) is 0 Å². The molecule has 11 heteroatoms. The van der Waals surface area contributed by atoms with Gasteiger partial charge in [0.1, 0.15) is 11.4 Å². The fraction of sp³-hybridized carbons (Fsp3) is 0.625. The van der Waals surface area contributed by atoms with Gasteiger partial charge in [-0.2, -0.15) is 4.98 Å². The van der Waals surface area contributed by atoms with Gasteiger partial charge in [-0.05, 0) is 40.5 Å². The Morgan fingerprint density at radius 1 is 1.29 bits per heavy atom. The van der Waals surface area contributed by atoms with Crippen LogP contribution in [0.25, 0.3) is 0 Å². The number of carbonyl (C=O) groups excluding carboxylic acids is 2. The van der Waals surface area contributed by atoms with Gasteiger partial charge in [0.05, 0.1) is 6.54 Å². The lowest BCUT2D eigenvalue weighted by molar-refractivity contribution is -0.123. The van der Waals surface area contributed by atoms with Crippen molar-refractivity contribution in [3.63, 3.8) is 0 Å². The Hall–Kier alpha value is -3.37. The van der Waals surface area contributed by atoms with Gasteiger partial charge in [0.25, 0.3) is 0 Å². The molecular weight excluding hydrogens is 456 g/mol. The Kier molecular flexibility index (Phi) is 7.56. The number of aryl methyl sites for hydroxylation is 1. The maximum absolute atomic E-state index is 13.0. The summed E-state index contributed by atoms with van der Waals surface area (Å²) in [5, 5.41) is 17.2. The smallest absolute Gasteiger partial charge is 0.410 e. The number of hydrogen-bond donors (Lipinski definition) is 2. The van der Waals surface area contributed by atoms with Gasteiger partial charge in [-0.3, -0.25) is 9.59 Å². The lowest BCUT2D eigenvalue weighted by Gasteiger charge is -2.41. The molecule has 0 aromatic carbocycles. The molecule has 1 aliphatic heterocycles. The summed E-state index contributed by atoms with van der Waals surface area (Å²) in [5.74, 6) is 0.433. The van der Waals surface area contributed by atoms with Crippen LogP contribution in [0.2, 0.25) is 0 Å². The Bertz CT molecular complexity index is 1120. The average molecular weight is 491 g/mol. The van der Waals surface area contributed by atoms with Crippen LogP contribution in [-0.4, -0.2) is 50.8 Å². The quantitative estimate of drug-likeness (QED) is 0.623. The number of hydrogen-bond acceptors (Lipinski definition) is 9. The van der Waals surface area contributed by atoms with E-state index in [4.69, 9.17) is 13.7 Å². The fourth-order valence-corrected chi connectivity index (χ4v) is 4.01. The molecule has 11 nitrogen and oxygen atoms in total. The molecule has 0 spiro atoms. The molecule has 3 rings (SSSR count). The standard InChI is InChI=1S/C24H34N4O7/c1-14(2)21-26-18(35-27-21)13-25-17(30)12-24(20-19(31)16(29)11-15(3)33-20)7-9-28(10-8-24)22(32)34-23(4,5)6/h11,14,31H,7-10,12-13H2,1-6H3,(H,25,30). The van der Waals surface area contributed by atoms with Crippen LogP contribution in [-0.2, 0) is 21.5 Å². The maximum Gasteiger partial charge on any atom is 0.410 e. The highest BCUT2D eigenvalue weighted by Gasteiger charge is 2.44. The number of aromatic nitrogens is 2. The third-order valence-electron chi connectivity index (χ3n) is 5.84. The normalized spacial score (nSPS) is 15.8. The van der Waals surface area contributed by atoms with Crippen LogP contribution < -0.4 is 10.7 Å². The van der Waals surface area contributed by atoms with Crippen molar-refractivity contribution in [3.8, 4) is 5.75 Å². The van der Waals surface area contributed by atoms with Crippen LogP contribution in [0.15, 0.2) is 19.8 Å². The van der Waals surface area contributed by atoms with Crippen molar-refractivity contribution < 1.29 is 28.4 Å². The summed E-state index contributed by atoms with van der Waals surface area (Å²) in [4.78, 5) is 43.6. The van der Waals surface area contributed by atoms with Gasteiger partial charge in [0.2, 0.25) is 23.0 Å². The number of ether oxygens (including phenoxy) is 1. The highest BCUT2D eigenvalue weighted by molar-refractivity contribution is 5.77. The zero-order valence-corrected chi connectivity index (χ0v) is 21.1. The monoisotopic (exact) mass is 490 g/mol. The van der Waals surface area contributed by atoms with Gasteiger partial charge in [-0.25, -0.2) is 4.79 Å². The molecule has 2 aromatic heterocycles. The number of likely N-dealkylation sites (tertiary alicyclic amines) is 1. The Labute approximate surface area is 203 Å². The first kappa shape index (κ1) is 26.2. The molecule has 0 atom stereocenters. The molecule has 192 valence electrons. The van der Waals surface area contributed by atoms with E-state index in [1.54, 1.807) is 32.6 Å². The van der Waals surface area contributed by atoms with Crippen LogP contribution in [0.4, 0.5) is 4.79 Å². The molecule has 1 fully saturated rings. The summed E-state index contributed by atoms with van der Waals surface area (Å²) in [5.41, 5.74) is -2.21. The zero-order valence-electron chi connectivity index (χ0n) is 21.1. The van der Waals surface area contributed by atoms with E-state index in [2.05, 4.69) is 15.5 Å². The topological polar surface area (TPSA) is 148 Å². The van der Waals surface area contributed by atoms with Crippen molar-refractivity contribution in [3.05, 3.63) is 39.5 Å². The van der Waals surface area contributed by atoms with Crippen LogP contribution in [0.1, 0.15) is 83.0 Å². The SMILES string of the molecule is Cc1cc(=O)c(O)c(C2(CC(=O)NCc3nc(C(C)C)no3)CCN(C(=O)OC(C)(C)C)CC2)o1. The van der Waals surface area contributed by atoms with Crippen LogP contribution >= 0.6 is 0 Å². The first-order valence-electron chi connectivity index (χ1n) is 11.7. The fourth-order valence-electron chi connectivity index (χ4n) is 4.01. The zero-order chi connectivity index (χ0) is 26.0. The second-order valence-electron chi connectivity index (χ2n) is 10.3. The summed E-state index contributed by atoms with van der Waals surface area (Å²) in [6.07, 6.45) is 0.0538. The summed E-state index contributed by atoms with van der Waals surface area (Å²) in [6.45, 7) is 11.4. The Morgan fingerprint density at radius 2 is 1.94 bits per heavy atom. The predicted molar refractivity (Wildman–Crippen MR) is 125 cm³/mol. The summed E-state index contributed by atoms with van der Waals surface area (Å²) in [6, 6.07) is 1.20. The highest BCUT2D eigenvalue weighted by atomic mass is 16.6. The second-order valence-corrected chi connectivity index (χ2v) is 10.3. The molecule has 2 aromatic rings. The third kappa shape index (κ3) is 6.40. The number of piperidine rings is 1. The van der Waals surface area contributed by atoms with Gasteiger partial charge in [-0.15, -0.1) is 0 Å². The lowest BCUT2D eigenvalue weighted by atomic mass is 9.73. The third-order valence-corrected chi connectivity index (χ3v) is 5.84. The maximum atomic E-state index is 13.0. The molecule has 1 saturated heterocycles.